The zero-order valence-corrected chi connectivity index (χ0v) is 15.7. The quantitative estimate of drug-likeness (QED) is 0.483. The number of carbonyl (C=O) groups is 1. The van der Waals surface area contributed by atoms with Gasteiger partial charge in [0.15, 0.2) is 5.82 Å². The third-order valence-electron chi connectivity index (χ3n) is 3.20. The minimum absolute atomic E-state index is 0.0552. The van der Waals surface area contributed by atoms with E-state index >= 15 is 0 Å². The molecule has 0 aliphatic rings. The third-order valence-corrected chi connectivity index (χ3v) is 4.47. The SMILES string of the molecule is COCCCNC(=O)CSc1n[nH]c(COc2ccc(Cl)c(C)c2)n1. The smallest absolute Gasteiger partial charge is 0.230 e. The summed E-state index contributed by atoms with van der Waals surface area (Å²) in [6, 6.07) is 5.46. The van der Waals surface area contributed by atoms with Gasteiger partial charge in [-0.15, -0.1) is 5.10 Å². The fourth-order valence-corrected chi connectivity index (χ4v) is 2.66. The second-order valence-corrected chi connectivity index (χ2v) is 6.60. The van der Waals surface area contributed by atoms with Gasteiger partial charge in [-0.25, -0.2) is 4.98 Å². The molecule has 0 saturated heterocycles. The fourth-order valence-electron chi connectivity index (χ4n) is 1.89. The zero-order chi connectivity index (χ0) is 18.1. The first kappa shape index (κ1) is 19.6. The minimum atomic E-state index is -0.0552. The van der Waals surface area contributed by atoms with E-state index in [-0.39, 0.29) is 18.3 Å². The number of benzene rings is 1. The predicted molar refractivity (Wildman–Crippen MR) is 97.1 cm³/mol. The molecule has 1 amide bonds. The van der Waals surface area contributed by atoms with Gasteiger partial charge in [-0.2, -0.15) is 0 Å². The van der Waals surface area contributed by atoms with Gasteiger partial charge in [0.2, 0.25) is 11.1 Å². The van der Waals surface area contributed by atoms with E-state index in [0.717, 1.165) is 12.0 Å². The summed E-state index contributed by atoms with van der Waals surface area (Å²) in [6.07, 6.45) is 0.791. The number of nitrogens with zero attached hydrogens (tertiary/aromatic N) is 2. The van der Waals surface area contributed by atoms with Gasteiger partial charge >= 0.3 is 0 Å². The number of thioether (sulfide) groups is 1. The molecule has 0 bridgehead atoms. The Morgan fingerprint density at radius 1 is 1.44 bits per heavy atom. The number of amides is 1. The molecule has 0 radical (unpaired) electrons. The van der Waals surface area contributed by atoms with Gasteiger partial charge in [-0.05, 0) is 37.1 Å². The van der Waals surface area contributed by atoms with Crippen molar-refractivity contribution < 1.29 is 14.3 Å². The Morgan fingerprint density at radius 2 is 2.28 bits per heavy atom. The molecule has 0 atom stereocenters. The highest BCUT2D eigenvalue weighted by molar-refractivity contribution is 7.99. The molecule has 136 valence electrons. The molecule has 2 aromatic rings. The van der Waals surface area contributed by atoms with Crippen molar-refractivity contribution in [3.63, 3.8) is 0 Å². The van der Waals surface area contributed by atoms with Crippen LogP contribution in [0.1, 0.15) is 17.8 Å². The number of aryl methyl sites for hydroxylation is 1. The minimum Gasteiger partial charge on any atom is -0.486 e. The van der Waals surface area contributed by atoms with E-state index in [1.807, 2.05) is 13.0 Å². The summed E-state index contributed by atoms with van der Waals surface area (Å²) in [5.74, 6) is 1.51. The van der Waals surface area contributed by atoms with Crippen molar-refractivity contribution in [2.75, 3.05) is 26.0 Å². The summed E-state index contributed by atoms with van der Waals surface area (Å²) in [6.45, 7) is 3.40. The largest absolute Gasteiger partial charge is 0.486 e. The highest BCUT2D eigenvalue weighted by atomic mass is 35.5. The summed E-state index contributed by atoms with van der Waals surface area (Å²) in [4.78, 5) is 16.0. The van der Waals surface area contributed by atoms with E-state index in [2.05, 4.69) is 20.5 Å². The van der Waals surface area contributed by atoms with Crippen LogP contribution in [0.3, 0.4) is 0 Å². The number of hydrogen-bond acceptors (Lipinski definition) is 6. The lowest BCUT2D eigenvalue weighted by Crippen LogP contribution is -2.26. The first-order valence-electron chi connectivity index (χ1n) is 7.77. The number of nitrogens with one attached hydrogen (secondary N) is 2. The Bertz CT molecular complexity index is 696. The Kier molecular flexibility index (Phi) is 8.03. The van der Waals surface area contributed by atoms with Crippen LogP contribution in [-0.4, -0.2) is 47.1 Å². The second-order valence-electron chi connectivity index (χ2n) is 5.25. The molecule has 0 aliphatic carbocycles. The van der Waals surface area contributed by atoms with Crippen molar-refractivity contribution in [2.24, 2.45) is 0 Å². The first-order valence-corrected chi connectivity index (χ1v) is 9.13. The Labute approximate surface area is 155 Å². The number of carbonyl (C=O) groups excluding carboxylic acids is 1. The van der Waals surface area contributed by atoms with Crippen LogP contribution in [0.5, 0.6) is 5.75 Å². The van der Waals surface area contributed by atoms with Crippen molar-refractivity contribution >= 4 is 29.3 Å². The average Bonchev–Trinajstić information content (AvgIpc) is 3.06. The van der Waals surface area contributed by atoms with E-state index in [4.69, 9.17) is 21.1 Å². The van der Waals surface area contributed by atoms with Crippen LogP contribution in [0.4, 0.5) is 0 Å². The Balaban J connectivity index is 1.72. The van der Waals surface area contributed by atoms with E-state index in [9.17, 15) is 4.79 Å². The topological polar surface area (TPSA) is 89.1 Å². The van der Waals surface area contributed by atoms with Crippen LogP contribution in [0, 0.1) is 6.92 Å². The van der Waals surface area contributed by atoms with Gasteiger partial charge < -0.3 is 14.8 Å². The molecule has 9 heteroatoms. The number of halogens is 1. The highest BCUT2D eigenvalue weighted by Crippen LogP contribution is 2.21. The third kappa shape index (κ3) is 6.93. The lowest BCUT2D eigenvalue weighted by molar-refractivity contribution is -0.118. The molecule has 2 rings (SSSR count). The van der Waals surface area contributed by atoms with Crippen LogP contribution < -0.4 is 10.1 Å². The summed E-state index contributed by atoms with van der Waals surface area (Å²) in [7, 11) is 1.64. The monoisotopic (exact) mass is 384 g/mol. The standard InChI is InChI=1S/C16H21ClN4O3S/c1-11-8-12(4-5-13(11)17)24-9-14-19-16(21-20-14)25-10-15(22)18-6-3-7-23-2/h4-5,8H,3,6-7,9-10H2,1-2H3,(H,18,22)(H,19,20,21). The van der Waals surface area contributed by atoms with Gasteiger partial charge in [-0.1, -0.05) is 23.4 Å². The maximum Gasteiger partial charge on any atom is 0.230 e. The second kappa shape index (κ2) is 10.3. The number of ether oxygens (including phenoxy) is 2. The normalized spacial score (nSPS) is 10.7. The van der Waals surface area contributed by atoms with Crippen molar-refractivity contribution in [2.45, 2.75) is 25.1 Å². The predicted octanol–water partition coefficient (Wildman–Crippen LogP) is 2.59. The molecule has 0 spiro atoms. The summed E-state index contributed by atoms with van der Waals surface area (Å²) >= 11 is 7.25. The fraction of sp³-hybridized carbons (Fsp3) is 0.438. The van der Waals surface area contributed by atoms with E-state index < -0.39 is 0 Å². The number of aromatic nitrogens is 3. The van der Waals surface area contributed by atoms with Crippen LogP contribution in [0.2, 0.25) is 5.02 Å². The highest BCUT2D eigenvalue weighted by Gasteiger charge is 2.08. The molecule has 2 N–H and O–H groups in total. The molecule has 1 aromatic carbocycles. The van der Waals surface area contributed by atoms with Gasteiger partial charge in [-0.3, -0.25) is 9.89 Å². The first-order chi connectivity index (χ1) is 12.1. The van der Waals surface area contributed by atoms with E-state index in [1.165, 1.54) is 11.8 Å². The van der Waals surface area contributed by atoms with Crippen LogP contribution in [-0.2, 0) is 16.1 Å². The molecule has 0 saturated carbocycles. The maximum absolute atomic E-state index is 11.7. The van der Waals surface area contributed by atoms with Gasteiger partial charge in [0.25, 0.3) is 0 Å². The zero-order valence-electron chi connectivity index (χ0n) is 14.2. The molecular weight excluding hydrogens is 364 g/mol. The summed E-state index contributed by atoms with van der Waals surface area (Å²) in [5, 5.41) is 10.9. The molecule has 1 heterocycles. The number of H-pyrrole nitrogens is 1. The van der Waals surface area contributed by atoms with E-state index in [0.29, 0.717) is 34.9 Å². The number of aromatic amines is 1. The van der Waals surface area contributed by atoms with Crippen molar-refractivity contribution in [1.82, 2.24) is 20.5 Å². The average molecular weight is 385 g/mol. The molecule has 7 nitrogen and oxygen atoms in total. The maximum atomic E-state index is 11.7. The molecule has 0 aliphatic heterocycles. The molecule has 1 aromatic heterocycles. The molecule has 25 heavy (non-hydrogen) atoms. The van der Waals surface area contributed by atoms with Gasteiger partial charge in [0.1, 0.15) is 12.4 Å². The Hall–Kier alpha value is -1.77. The molecule has 0 fully saturated rings. The summed E-state index contributed by atoms with van der Waals surface area (Å²) in [5.41, 5.74) is 0.949. The van der Waals surface area contributed by atoms with Gasteiger partial charge in [0, 0.05) is 25.3 Å². The van der Waals surface area contributed by atoms with Crippen molar-refractivity contribution in [3.8, 4) is 5.75 Å². The van der Waals surface area contributed by atoms with Crippen molar-refractivity contribution in [3.05, 3.63) is 34.6 Å². The van der Waals surface area contributed by atoms with Crippen LogP contribution in [0.25, 0.3) is 0 Å². The van der Waals surface area contributed by atoms with Gasteiger partial charge in [0.05, 0.1) is 5.75 Å². The number of rotatable bonds is 10. The lowest BCUT2D eigenvalue weighted by Gasteiger charge is -2.05. The summed E-state index contributed by atoms with van der Waals surface area (Å²) < 4.78 is 10.6. The number of hydrogen-bond donors (Lipinski definition) is 2. The van der Waals surface area contributed by atoms with Crippen molar-refractivity contribution in [1.29, 1.82) is 0 Å². The van der Waals surface area contributed by atoms with Crippen LogP contribution in [0.15, 0.2) is 23.4 Å². The molecule has 0 unspecified atom stereocenters. The Morgan fingerprint density at radius 3 is 3.04 bits per heavy atom. The van der Waals surface area contributed by atoms with E-state index in [1.54, 1.807) is 19.2 Å². The molecular formula is C16H21ClN4O3S. The van der Waals surface area contributed by atoms with Crippen LogP contribution >= 0.6 is 23.4 Å². The number of methoxy groups -OCH3 is 1. The lowest BCUT2D eigenvalue weighted by atomic mass is 10.2.